The minimum atomic E-state index is 0.228. The van der Waals surface area contributed by atoms with Gasteiger partial charge < -0.3 is 19.2 Å². The number of nitrogens with zero attached hydrogens (tertiary/aromatic N) is 3. The van der Waals surface area contributed by atoms with Crippen molar-refractivity contribution in [1.82, 2.24) is 9.97 Å². The van der Waals surface area contributed by atoms with Crippen molar-refractivity contribution in [2.24, 2.45) is 4.99 Å². The molecule has 0 amide bonds. The van der Waals surface area contributed by atoms with E-state index in [1.807, 2.05) is 42.6 Å². The second-order valence-corrected chi connectivity index (χ2v) is 7.74. The van der Waals surface area contributed by atoms with E-state index < -0.39 is 0 Å². The first-order chi connectivity index (χ1) is 16.3. The monoisotopic (exact) mass is 440 g/mol. The lowest BCUT2D eigenvalue weighted by atomic mass is 10.0. The molecule has 0 fully saturated rings. The SMILES string of the molecule is C1=CCCC(CC2=COCC(=Nc3ncc(-c4ccccc4NCc4cccnc4)o3)O2)=C1. The predicted octanol–water partition coefficient (Wildman–Crippen LogP) is 5.93. The standard InChI is InChI=1S/C26H24N4O3/c1-2-7-19(8-3-1)13-21-17-31-18-25(32-21)30-26-29-16-24(33-26)22-10-4-5-11-23(22)28-15-20-9-6-12-27-14-20/h1-2,4-7,9-12,14,16-17,28H,3,8,13,15,18H2. The Kier molecular flexibility index (Phi) is 6.29. The minimum Gasteiger partial charge on any atom is -0.488 e. The van der Waals surface area contributed by atoms with Gasteiger partial charge in [-0.15, -0.1) is 0 Å². The van der Waals surface area contributed by atoms with E-state index in [1.165, 1.54) is 5.57 Å². The molecule has 0 atom stereocenters. The average molecular weight is 441 g/mol. The van der Waals surface area contributed by atoms with Gasteiger partial charge in [-0.25, -0.2) is 0 Å². The van der Waals surface area contributed by atoms with Crippen molar-refractivity contribution in [3.05, 3.63) is 96.4 Å². The number of benzene rings is 1. The Morgan fingerprint density at radius 3 is 2.94 bits per heavy atom. The molecule has 3 heterocycles. The van der Waals surface area contributed by atoms with Gasteiger partial charge in [0.15, 0.2) is 12.4 Å². The van der Waals surface area contributed by atoms with Gasteiger partial charge >= 0.3 is 6.01 Å². The molecule has 1 aliphatic heterocycles. The molecule has 33 heavy (non-hydrogen) atoms. The number of anilines is 1. The first-order valence-electron chi connectivity index (χ1n) is 10.9. The molecular weight excluding hydrogens is 416 g/mol. The molecule has 1 aliphatic carbocycles. The summed E-state index contributed by atoms with van der Waals surface area (Å²) in [6.45, 7) is 0.893. The van der Waals surface area contributed by atoms with Gasteiger partial charge in [0.25, 0.3) is 0 Å². The van der Waals surface area contributed by atoms with E-state index in [9.17, 15) is 0 Å². The van der Waals surface area contributed by atoms with Crippen molar-refractivity contribution in [2.45, 2.75) is 25.8 Å². The van der Waals surface area contributed by atoms with Crippen LogP contribution >= 0.6 is 0 Å². The van der Waals surface area contributed by atoms with Crippen LogP contribution in [0.2, 0.25) is 0 Å². The predicted molar refractivity (Wildman–Crippen MR) is 127 cm³/mol. The highest BCUT2D eigenvalue weighted by atomic mass is 16.6. The number of hydrogen-bond acceptors (Lipinski definition) is 7. The number of ether oxygens (including phenoxy) is 2. The van der Waals surface area contributed by atoms with Crippen LogP contribution in [0.15, 0.2) is 100 Å². The summed E-state index contributed by atoms with van der Waals surface area (Å²) in [6, 6.07) is 12.1. The van der Waals surface area contributed by atoms with Gasteiger partial charge in [-0.3, -0.25) is 4.98 Å². The molecule has 1 aromatic carbocycles. The molecule has 0 bridgehead atoms. The maximum absolute atomic E-state index is 5.92. The van der Waals surface area contributed by atoms with Crippen LogP contribution < -0.4 is 5.32 Å². The smallest absolute Gasteiger partial charge is 0.325 e. The third kappa shape index (κ3) is 5.38. The fraction of sp³-hybridized carbons (Fsp3) is 0.192. The Morgan fingerprint density at radius 2 is 2.06 bits per heavy atom. The fourth-order valence-electron chi connectivity index (χ4n) is 3.67. The summed E-state index contributed by atoms with van der Waals surface area (Å²) < 4.78 is 17.4. The summed E-state index contributed by atoms with van der Waals surface area (Å²) >= 11 is 0. The zero-order valence-electron chi connectivity index (χ0n) is 18.1. The van der Waals surface area contributed by atoms with Crippen molar-refractivity contribution >= 4 is 17.6 Å². The zero-order chi connectivity index (χ0) is 22.3. The van der Waals surface area contributed by atoms with E-state index in [-0.39, 0.29) is 12.6 Å². The highest BCUT2D eigenvalue weighted by Gasteiger charge is 2.17. The topological polar surface area (TPSA) is 81.8 Å². The Morgan fingerprint density at radius 1 is 1.09 bits per heavy atom. The summed E-state index contributed by atoms with van der Waals surface area (Å²) in [5.41, 5.74) is 4.24. The van der Waals surface area contributed by atoms with Gasteiger partial charge in [-0.05, 0) is 36.6 Å². The van der Waals surface area contributed by atoms with E-state index in [4.69, 9.17) is 13.9 Å². The molecule has 2 aromatic heterocycles. The van der Waals surface area contributed by atoms with E-state index in [0.29, 0.717) is 24.6 Å². The Balaban J connectivity index is 1.28. The number of para-hydroxylation sites is 1. The normalized spacial score (nSPS) is 16.5. The maximum Gasteiger partial charge on any atom is 0.325 e. The van der Waals surface area contributed by atoms with Gasteiger partial charge in [0.05, 0.1) is 6.20 Å². The largest absolute Gasteiger partial charge is 0.488 e. The van der Waals surface area contributed by atoms with E-state index >= 15 is 0 Å². The van der Waals surface area contributed by atoms with E-state index in [0.717, 1.165) is 35.4 Å². The molecule has 0 unspecified atom stereocenters. The number of nitrogens with one attached hydrogen (secondary N) is 1. The van der Waals surface area contributed by atoms with Crippen LogP contribution in [0.25, 0.3) is 11.3 Å². The van der Waals surface area contributed by atoms with Crippen molar-refractivity contribution in [1.29, 1.82) is 0 Å². The highest BCUT2D eigenvalue weighted by Crippen LogP contribution is 2.31. The van der Waals surface area contributed by atoms with Crippen LogP contribution in [0, 0.1) is 0 Å². The summed E-state index contributed by atoms with van der Waals surface area (Å²) in [6.07, 6.45) is 16.1. The molecule has 2 aliphatic rings. The molecule has 166 valence electrons. The third-order valence-corrected chi connectivity index (χ3v) is 5.28. The quantitative estimate of drug-likeness (QED) is 0.490. The van der Waals surface area contributed by atoms with Gasteiger partial charge in [0, 0.05) is 36.6 Å². The van der Waals surface area contributed by atoms with Crippen molar-refractivity contribution in [3.63, 3.8) is 0 Å². The van der Waals surface area contributed by atoms with Crippen LogP contribution in [0.5, 0.6) is 0 Å². The van der Waals surface area contributed by atoms with E-state index in [1.54, 1.807) is 18.7 Å². The van der Waals surface area contributed by atoms with Crippen LogP contribution in [0.3, 0.4) is 0 Å². The molecular formula is C26H24N4O3. The maximum atomic E-state index is 5.92. The number of aliphatic imine (C=N–C) groups is 1. The number of oxazole rings is 1. The van der Waals surface area contributed by atoms with Gasteiger partial charge in [-0.2, -0.15) is 9.98 Å². The molecule has 5 rings (SSSR count). The van der Waals surface area contributed by atoms with Gasteiger partial charge in [0.2, 0.25) is 5.90 Å². The van der Waals surface area contributed by atoms with Crippen molar-refractivity contribution < 1.29 is 13.9 Å². The average Bonchev–Trinajstić information content (AvgIpc) is 3.33. The Bertz CT molecular complexity index is 1230. The Labute approximate surface area is 192 Å². The highest BCUT2D eigenvalue weighted by molar-refractivity contribution is 5.81. The molecule has 0 spiro atoms. The third-order valence-electron chi connectivity index (χ3n) is 5.28. The lowest BCUT2D eigenvalue weighted by Crippen LogP contribution is -2.16. The first kappa shape index (κ1) is 20.8. The lowest BCUT2D eigenvalue weighted by molar-refractivity contribution is 0.211. The lowest BCUT2D eigenvalue weighted by Gasteiger charge is -2.18. The van der Waals surface area contributed by atoms with Crippen LogP contribution in [0.4, 0.5) is 11.7 Å². The minimum absolute atomic E-state index is 0.228. The van der Waals surface area contributed by atoms with Crippen molar-refractivity contribution in [3.8, 4) is 11.3 Å². The summed E-state index contributed by atoms with van der Waals surface area (Å²) in [4.78, 5) is 12.9. The first-order valence-corrected chi connectivity index (χ1v) is 10.9. The van der Waals surface area contributed by atoms with Crippen LogP contribution in [0.1, 0.15) is 24.8 Å². The fourth-order valence-corrected chi connectivity index (χ4v) is 3.67. The molecule has 0 saturated carbocycles. The second kappa shape index (κ2) is 9.99. The second-order valence-electron chi connectivity index (χ2n) is 7.74. The van der Waals surface area contributed by atoms with Gasteiger partial charge in [0.1, 0.15) is 12.0 Å². The number of pyridine rings is 1. The summed E-state index contributed by atoms with van der Waals surface area (Å²) in [5.74, 6) is 1.78. The molecule has 7 nitrogen and oxygen atoms in total. The number of hydrogen-bond donors (Lipinski definition) is 1. The summed E-state index contributed by atoms with van der Waals surface area (Å²) in [7, 11) is 0. The zero-order valence-corrected chi connectivity index (χ0v) is 18.1. The molecule has 7 heteroatoms. The number of aromatic nitrogens is 2. The van der Waals surface area contributed by atoms with Crippen LogP contribution in [-0.4, -0.2) is 22.5 Å². The van der Waals surface area contributed by atoms with Crippen molar-refractivity contribution in [2.75, 3.05) is 11.9 Å². The number of rotatable bonds is 7. The number of allylic oxidation sites excluding steroid dienone is 4. The molecule has 3 aromatic rings. The van der Waals surface area contributed by atoms with Crippen LogP contribution in [-0.2, 0) is 16.0 Å². The summed E-state index contributed by atoms with van der Waals surface area (Å²) in [5, 5.41) is 3.44. The molecule has 1 N–H and O–H groups in total. The Hall–Kier alpha value is -4.13. The van der Waals surface area contributed by atoms with Gasteiger partial charge in [-0.1, -0.05) is 42.0 Å². The molecule has 0 radical (unpaired) electrons. The van der Waals surface area contributed by atoms with E-state index in [2.05, 4.69) is 38.5 Å². The molecule has 0 saturated heterocycles.